The van der Waals surface area contributed by atoms with Crippen LogP contribution in [0.5, 0.6) is 0 Å². The first kappa shape index (κ1) is 51.8. The molecule has 3 aliphatic heterocycles. The van der Waals surface area contributed by atoms with Gasteiger partial charge in [0, 0.05) is 79.2 Å². The summed E-state index contributed by atoms with van der Waals surface area (Å²) in [6.45, 7) is 17.4. The third-order valence-corrected chi connectivity index (χ3v) is 15.7. The van der Waals surface area contributed by atoms with Crippen LogP contribution >= 0.6 is 11.3 Å². The van der Waals surface area contributed by atoms with Crippen LogP contribution in [0.3, 0.4) is 0 Å². The molecule has 6 bridgehead atoms. The minimum atomic E-state index is -2.28. The Hall–Kier alpha value is -5.56. The molecule has 4 aliphatic rings. The highest BCUT2D eigenvalue weighted by atomic mass is 32.1. The molecule has 4 aromatic rings. The van der Waals surface area contributed by atoms with Gasteiger partial charge in [0.05, 0.1) is 53.6 Å². The van der Waals surface area contributed by atoms with E-state index in [1.165, 1.54) is 34.4 Å². The molecule has 2 saturated heterocycles. The number of morpholine rings is 1. The fraction of sp³-hybridized carbons (Fsp3) is 0.566. The lowest BCUT2D eigenvalue weighted by molar-refractivity contribution is -0.170. The number of pyridine rings is 1. The Kier molecular flexibility index (Phi) is 15.2. The van der Waals surface area contributed by atoms with Gasteiger partial charge in [0.25, 0.3) is 11.8 Å². The summed E-state index contributed by atoms with van der Waals surface area (Å²) in [6, 6.07) is 7.16. The molecule has 6 heterocycles. The second-order valence-electron chi connectivity index (χ2n) is 20.8. The number of aromatic nitrogens is 3. The Morgan fingerprint density at radius 3 is 2.59 bits per heavy atom. The topological polar surface area (TPSA) is 178 Å². The quantitative estimate of drug-likeness (QED) is 0.127. The van der Waals surface area contributed by atoms with E-state index >= 15 is 4.39 Å². The number of likely N-dealkylation sites (N-methyl/N-ethyl adjacent to an activating group) is 1. The van der Waals surface area contributed by atoms with Crippen LogP contribution in [0.2, 0.25) is 0 Å². The summed E-state index contributed by atoms with van der Waals surface area (Å²) in [6.07, 6.45) is 4.38. The second-order valence-corrected chi connectivity index (χ2v) is 21.8. The van der Waals surface area contributed by atoms with Crippen molar-refractivity contribution in [3.63, 3.8) is 0 Å². The Morgan fingerprint density at radius 1 is 1.13 bits per heavy atom. The van der Waals surface area contributed by atoms with Crippen LogP contribution in [-0.4, -0.2) is 135 Å². The number of rotatable bonds is 10. The average Bonchev–Trinajstić information content (AvgIpc) is 3.96. The minimum absolute atomic E-state index is 0.00499. The van der Waals surface area contributed by atoms with Gasteiger partial charge in [-0.3, -0.25) is 34.0 Å². The Bertz CT molecular complexity index is 2670. The molecule has 0 radical (unpaired) electrons. The lowest BCUT2D eigenvalue weighted by atomic mass is 9.75. The van der Waals surface area contributed by atoms with E-state index in [4.69, 9.17) is 24.2 Å². The molecule has 4 amide bonds. The molecule has 71 heavy (non-hydrogen) atoms. The average molecular weight is 997 g/mol. The number of hydrogen-bond acceptors (Lipinski definition) is 12. The maximum absolute atomic E-state index is 16.9. The van der Waals surface area contributed by atoms with E-state index in [2.05, 4.69) is 60.9 Å². The van der Waals surface area contributed by atoms with Crippen molar-refractivity contribution < 1.29 is 42.6 Å². The number of halogens is 1. The SMILES string of the molecule is C=CC(=O)N1CCOC2(CCC(F)(C(=O)N(C)[C@H](C(=O)NC3Cc4nc(cs4)-c4ccc5c(c4)c(c(-c4cccnc4[C@H](C)OC)n5CC)CC(C)(C)COC(=O)[C@@H]4CCCN(N4)C3=O)C(C)C)CC2)C1. The van der Waals surface area contributed by atoms with Crippen LogP contribution in [0.4, 0.5) is 4.39 Å². The molecule has 4 atom stereocenters. The van der Waals surface area contributed by atoms with Gasteiger partial charge in [-0.15, -0.1) is 11.3 Å². The number of aryl methyl sites for hydroxylation is 1. The van der Waals surface area contributed by atoms with Crippen LogP contribution in [-0.2, 0) is 57.6 Å². The van der Waals surface area contributed by atoms with Gasteiger partial charge in [-0.1, -0.05) is 40.3 Å². The van der Waals surface area contributed by atoms with Crippen LogP contribution in [0.1, 0.15) is 102 Å². The molecule has 1 aromatic carbocycles. The number of carbonyl (C=O) groups excluding carboxylic acids is 5. The summed E-state index contributed by atoms with van der Waals surface area (Å²) in [5, 5.41) is 7.89. The molecule has 1 spiro atoms. The molecule has 18 heteroatoms. The van der Waals surface area contributed by atoms with Crippen LogP contribution in [0.25, 0.3) is 33.4 Å². The lowest BCUT2D eigenvalue weighted by Gasteiger charge is -2.48. The normalized spacial score (nSPS) is 24.8. The first-order valence-electron chi connectivity index (χ1n) is 25.0. The van der Waals surface area contributed by atoms with E-state index in [0.717, 1.165) is 39.0 Å². The Morgan fingerprint density at radius 2 is 1.89 bits per heavy atom. The summed E-state index contributed by atoms with van der Waals surface area (Å²) in [5.41, 5.74) is 5.99. The van der Waals surface area contributed by atoms with E-state index in [0.29, 0.717) is 49.7 Å². The van der Waals surface area contributed by atoms with Gasteiger partial charge in [-0.25, -0.2) is 14.8 Å². The Labute approximate surface area is 419 Å². The number of nitrogens with one attached hydrogen (secondary N) is 2. The summed E-state index contributed by atoms with van der Waals surface area (Å²) in [5.74, 6) is -3.13. The third-order valence-electron chi connectivity index (χ3n) is 14.9. The van der Waals surface area contributed by atoms with Gasteiger partial charge in [0.2, 0.25) is 11.8 Å². The maximum Gasteiger partial charge on any atom is 0.324 e. The maximum atomic E-state index is 16.9. The molecule has 1 unspecified atom stereocenters. The van der Waals surface area contributed by atoms with E-state index in [1.54, 1.807) is 32.1 Å². The second kappa shape index (κ2) is 20.9. The van der Waals surface area contributed by atoms with E-state index in [9.17, 15) is 24.0 Å². The summed E-state index contributed by atoms with van der Waals surface area (Å²) in [7, 11) is 3.10. The minimum Gasteiger partial charge on any atom is -0.464 e. The highest BCUT2D eigenvalue weighted by Crippen LogP contribution is 2.44. The lowest BCUT2D eigenvalue weighted by Crippen LogP contribution is -2.63. The largest absolute Gasteiger partial charge is 0.464 e. The number of hydrazine groups is 1. The number of fused-ring (bicyclic) bond motifs is 6. The van der Waals surface area contributed by atoms with Gasteiger partial charge < -0.3 is 33.9 Å². The van der Waals surface area contributed by atoms with Crippen molar-refractivity contribution in [2.45, 2.75) is 135 Å². The molecule has 1 saturated carbocycles. The van der Waals surface area contributed by atoms with Crippen molar-refractivity contribution in [1.82, 2.24) is 40.1 Å². The molecular formula is C53H69FN8O8S. The van der Waals surface area contributed by atoms with Gasteiger partial charge in [0.1, 0.15) is 18.1 Å². The molecule has 3 aromatic heterocycles. The fourth-order valence-corrected chi connectivity index (χ4v) is 11.8. The highest BCUT2D eigenvalue weighted by molar-refractivity contribution is 7.10. The first-order chi connectivity index (χ1) is 33.8. The molecular weight excluding hydrogens is 928 g/mol. The number of alkyl halides is 1. The van der Waals surface area contributed by atoms with Crippen molar-refractivity contribution in [3.05, 3.63) is 70.8 Å². The van der Waals surface area contributed by atoms with Crippen LogP contribution in [0.15, 0.2) is 54.6 Å². The smallest absolute Gasteiger partial charge is 0.324 e. The van der Waals surface area contributed by atoms with Crippen molar-refractivity contribution in [1.29, 1.82) is 0 Å². The zero-order chi connectivity index (χ0) is 51.0. The Balaban J connectivity index is 1.11. The molecule has 3 fully saturated rings. The molecule has 1 aliphatic carbocycles. The summed E-state index contributed by atoms with van der Waals surface area (Å²) < 4.78 is 37.3. The van der Waals surface area contributed by atoms with Gasteiger partial charge in [0.15, 0.2) is 5.67 Å². The number of ether oxygens (including phenoxy) is 3. The van der Waals surface area contributed by atoms with Crippen molar-refractivity contribution in [3.8, 4) is 22.5 Å². The molecule has 8 rings (SSSR count). The number of methoxy groups -OCH3 is 1. The molecule has 2 N–H and O–H groups in total. The number of benzene rings is 1. The van der Waals surface area contributed by atoms with Crippen molar-refractivity contribution in [2.75, 3.05) is 47.0 Å². The standard InChI is InChI=1S/C53H69FN8O8S/c1-10-43(63)60-24-25-70-52(30-60)18-20-53(54,21-19-52)50(67)59(8)45(32(3)4)47(64)57-39-27-42-56-40(29-71-42)34-16-17-41-36(26-34)37(46(61(41)11-2)35-14-12-22-55-44(35)33(5)68-9)28-51(6,7)31-69-49(66)38-15-13-23-62(58-38)48(39)65/h10,12,14,16-17,22,26,29,32-33,38-39,45,58H,1,11,13,15,18-21,23-25,27-28,30-31H2,2-9H3,(H,57,64)/t33-,38-,39?,45-,52?,53?/m0/s1. The van der Waals surface area contributed by atoms with Crippen molar-refractivity contribution >= 4 is 51.8 Å². The summed E-state index contributed by atoms with van der Waals surface area (Å²) in [4.78, 5) is 82.6. The number of cyclic esters (lactones) is 1. The van der Waals surface area contributed by atoms with Crippen LogP contribution < -0.4 is 10.7 Å². The predicted octanol–water partition coefficient (Wildman–Crippen LogP) is 6.75. The number of amides is 4. The first-order valence-corrected chi connectivity index (χ1v) is 25.8. The molecule has 16 nitrogen and oxygen atoms in total. The van der Waals surface area contributed by atoms with E-state index in [-0.39, 0.29) is 63.8 Å². The monoisotopic (exact) mass is 996 g/mol. The van der Waals surface area contributed by atoms with E-state index < -0.39 is 64.4 Å². The van der Waals surface area contributed by atoms with E-state index in [1.807, 2.05) is 24.4 Å². The highest BCUT2D eigenvalue weighted by Gasteiger charge is 2.52. The number of thiazole rings is 1. The van der Waals surface area contributed by atoms with Gasteiger partial charge in [-0.05, 0) is 101 Å². The van der Waals surface area contributed by atoms with Crippen molar-refractivity contribution in [2.24, 2.45) is 11.3 Å². The number of esters is 1. The number of hydrogen-bond donors (Lipinski definition) is 2. The molecule has 382 valence electrons. The zero-order valence-electron chi connectivity index (χ0n) is 42.3. The third kappa shape index (κ3) is 10.5. The fourth-order valence-electron chi connectivity index (χ4n) is 11.0. The predicted molar refractivity (Wildman–Crippen MR) is 268 cm³/mol. The van der Waals surface area contributed by atoms with Gasteiger partial charge >= 0.3 is 5.97 Å². The summed E-state index contributed by atoms with van der Waals surface area (Å²) >= 11 is 1.37. The van der Waals surface area contributed by atoms with Gasteiger partial charge in [-0.2, -0.15) is 0 Å². The number of nitrogens with zero attached hydrogens (tertiary/aromatic N) is 6. The number of carbonyl (C=O) groups is 5. The van der Waals surface area contributed by atoms with Crippen LogP contribution in [0, 0.1) is 11.3 Å². The zero-order valence-corrected chi connectivity index (χ0v) is 43.2.